The van der Waals surface area contributed by atoms with E-state index >= 15 is 0 Å². The molecule has 0 N–H and O–H groups in total. The van der Waals surface area contributed by atoms with Crippen molar-refractivity contribution in [3.8, 4) is 0 Å². The number of hydrogen-bond acceptors (Lipinski definition) is 3. The molecular formula is C21H23BrN4O2. The third-order valence-corrected chi connectivity index (χ3v) is 6.11. The predicted molar refractivity (Wildman–Crippen MR) is 112 cm³/mol. The van der Waals surface area contributed by atoms with E-state index in [1.165, 1.54) is 0 Å². The molecule has 1 aliphatic rings. The summed E-state index contributed by atoms with van der Waals surface area (Å²) in [6.07, 6.45) is 3.97. The number of hydrogen-bond donors (Lipinski definition) is 0. The second kappa shape index (κ2) is 7.91. The van der Waals surface area contributed by atoms with E-state index in [-0.39, 0.29) is 11.6 Å². The van der Waals surface area contributed by atoms with Crippen molar-refractivity contribution in [1.29, 1.82) is 0 Å². The molecule has 1 aromatic carbocycles. The van der Waals surface area contributed by atoms with Crippen LogP contribution >= 0.6 is 15.9 Å². The molecule has 146 valence electrons. The Morgan fingerprint density at radius 1 is 1.18 bits per heavy atom. The molecule has 1 fully saturated rings. The molecule has 1 amide bonds. The summed E-state index contributed by atoms with van der Waals surface area (Å²) in [6, 6.07) is 11.7. The Hall–Kier alpha value is -2.41. The molecule has 3 heterocycles. The third kappa shape index (κ3) is 3.76. The lowest BCUT2D eigenvalue weighted by molar-refractivity contribution is -0.131. The van der Waals surface area contributed by atoms with E-state index < -0.39 is 0 Å². The molecule has 0 spiro atoms. The first-order valence-corrected chi connectivity index (χ1v) is 10.3. The van der Waals surface area contributed by atoms with E-state index in [1.807, 2.05) is 41.3 Å². The van der Waals surface area contributed by atoms with E-state index in [2.05, 4.69) is 20.9 Å². The van der Waals surface area contributed by atoms with E-state index in [0.29, 0.717) is 18.9 Å². The summed E-state index contributed by atoms with van der Waals surface area (Å²) in [6.45, 7) is 2.14. The highest BCUT2D eigenvalue weighted by Gasteiger charge is 2.24. The summed E-state index contributed by atoms with van der Waals surface area (Å²) in [5, 5.41) is 0. The summed E-state index contributed by atoms with van der Waals surface area (Å²) >= 11 is 3.42. The fourth-order valence-electron chi connectivity index (χ4n) is 3.91. The number of aryl methyl sites for hydroxylation is 1. The third-order valence-electron chi connectivity index (χ3n) is 5.58. The lowest BCUT2D eigenvalue weighted by Gasteiger charge is -2.32. The number of carbonyl (C=O) groups is 1. The van der Waals surface area contributed by atoms with E-state index in [9.17, 15) is 9.59 Å². The van der Waals surface area contributed by atoms with E-state index in [0.717, 1.165) is 47.1 Å². The highest BCUT2D eigenvalue weighted by molar-refractivity contribution is 9.10. The first kappa shape index (κ1) is 18.9. The number of imidazole rings is 1. The van der Waals surface area contributed by atoms with Gasteiger partial charge < -0.3 is 4.90 Å². The molecule has 7 heteroatoms. The minimum Gasteiger partial charge on any atom is -0.342 e. The van der Waals surface area contributed by atoms with Crippen molar-refractivity contribution in [2.45, 2.75) is 25.8 Å². The quantitative estimate of drug-likeness (QED) is 0.623. The fraction of sp³-hybridized carbons (Fsp3) is 0.381. The first-order valence-electron chi connectivity index (χ1n) is 9.55. The standard InChI is InChI=1S/C21H23BrN4O2/c1-24-18-3-2-10-23-20(18)26(21(24)28)14-16-8-11-25(12-9-16)19(27)13-15-4-6-17(22)7-5-15/h2-7,10,16H,8-9,11-14H2,1H3. The zero-order valence-corrected chi connectivity index (χ0v) is 17.4. The number of nitrogens with zero attached hydrogens (tertiary/aromatic N) is 4. The molecule has 0 atom stereocenters. The van der Waals surface area contributed by atoms with Gasteiger partial charge in [-0.25, -0.2) is 9.78 Å². The van der Waals surface area contributed by atoms with Gasteiger partial charge in [0.15, 0.2) is 5.65 Å². The Kier molecular flexibility index (Phi) is 5.35. The molecule has 1 saturated heterocycles. The number of halogens is 1. The number of aromatic nitrogens is 3. The van der Waals surface area contributed by atoms with Crippen molar-refractivity contribution >= 4 is 33.0 Å². The molecule has 2 aromatic heterocycles. The van der Waals surface area contributed by atoms with Gasteiger partial charge in [0.25, 0.3) is 0 Å². The molecule has 0 saturated carbocycles. The van der Waals surface area contributed by atoms with Gasteiger partial charge in [-0.1, -0.05) is 28.1 Å². The maximum Gasteiger partial charge on any atom is 0.330 e. The number of likely N-dealkylation sites (tertiary alicyclic amines) is 1. The largest absolute Gasteiger partial charge is 0.342 e. The van der Waals surface area contributed by atoms with Crippen LogP contribution in [0.25, 0.3) is 11.2 Å². The van der Waals surface area contributed by atoms with Crippen LogP contribution in [0, 0.1) is 5.92 Å². The number of pyridine rings is 1. The highest BCUT2D eigenvalue weighted by atomic mass is 79.9. The average molecular weight is 443 g/mol. The number of rotatable bonds is 4. The van der Waals surface area contributed by atoms with Gasteiger partial charge in [0.05, 0.1) is 11.9 Å². The molecule has 0 unspecified atom stereocenters. The van der Waals surface area contributed by atoms with Gasteiger partial charge in [0.2, 0.25) is 5.91 Å². The topological polar surface area (TPSA) is 60.1 Å². The van der Waals surface area contributed by atoms with Crippen LogP contribution in [0.3, 0.4) is 0 Å². The second-order valence-corrected chi connectivity index (χ2v) is 8.34. The van der Waals surface area contributed by atoms with Crippen molar-refractivity contribution < 1.29 is 4.79 Å². The zero-order chi connectivity index (χ0) is 19.7. The number of amides is 1. The zero-order valence-electron chi connectivity index (χ0n) is 15.8. The Morgan fingerprint density at radius 3 is 2.61 bits per heavy atom. The summed E-state index contributed by atoms with van der Waals surface area (Å²) < 4.78 is 4.45. The molecule has 3 aromatic rings. The number of benzene rings is 1. The Bertz CT molecular complexity index is 1050. The maximum absolute atomic E-state index is 12.6. The van der Waals surface area contributed by atoms with Gasteiger partial charge in [-0.2, -0.15) is 0 Å². The summed E-state index contributed by atoms with van der Waals surface area (Å²) in [7, 11) is 1.78. The van der Waals surface area contributed by atoms with Gasteiger partial charge in [0, 0.05) is 37.4 Å². The molecule has 0 bridgehead atoms. The molecule has 4 rings (SSSR count). The summed E-state index contributed by atoms with van der Waals surface area (Å²) in [4.78, 5) is 31.5. The Labute approximate surface area is 171 Å². The number of fused-ring (bicyclic) bond motifs is 1. The second-order valence-electron chi connectivity index (χ2n) is 7.43. The van der Waals surface area contributed by atoms with Gasteiger partial charge in [-0.3, -0.25) is 13.9 Å². The normalized spacial score (nSPS) is 15.3. The minimum atomic E-state index is -0.0255. The molecule has 0 radical (unpaired) electrons. The predicted octanol–water partition coefficient (Wildman–Crippen LogP) is 2.98. The lowest BCUT2D eigenvalue weighted by Crippen LogP contribution is -2.40. The van der Waals surface area contributed by atoms with Crippen LogP contribution in [0.4, 0.5) is 0 Å². The molecular weight excluding hydrogens is 420 g/mol. The highest BCUT2D eigenvalue weighted by Crippen LogP contribution is 2.21. The smallest absolute Gasteiger partial charge is 0.330 e. The van der Waals surface area contributed by atoms with Crippen molar-refractivity contribution in [2.24, 2.45) is 13.0 Å². The Balaban J connectivity index is 1.38. The maximum atomic E-state index is 12.6. The number of carbonyl (C=O) groups excluding carboxylic acids is 1. The lowest BCUT2D eigenvalue weighted by atomic mass is 9.96. The van der Waals surface area contributed by atoms with Crippen LogP contribution < -0.4 is 5.69 Å². The van der Waals surface area contributed by atoms with Crippen LogP contribution in [0.2, 0.25) is 0 Å². The Morgan fingerprint density at radius 2 is 1.89 bits per heavy atom. The minimum absolute atomic E-state index is 0.0255. The van der Waals surface area contributed by atoms with E-state index in [1.54, 1.807) is 22.4 Å². The molecule has 0 aliphatic carbocycles. The van der Waals surface area contributed by atoms with Crippen molar-refractivity contribution in [1.82, 2.24) is 19.0 Å². The van der Waals surface area contributed by atoms with Crippen LogP contribution in [-0.4, -0.2) is 38.0 Å². The van der Waals surface area contributed by atoms with Crippen LogP contribution in [0.15, 0.2) is 51.9 Å². The van der Waals surface area contributed by atoms with Gasteiger partial charge in [-0.05, 0) is 48.6 Å². The van der Waals surface area contributed by atoms with Crippen molar-refractivity contribution in [3.63, 3.8) is 0 Å². The summed E-state index contributed by atoms with van der Waals surface area (Å²) in [5.74, 6) is 0.548. The van der Waals surface area contributed by atoms with E-state index in [4.69, 9.17) is 0 Å². The van der Waals surface area contributed by atoms with Gasteiger partial charge >= 0.3 is 5.69 Å². The first-order chi connectivity index (χ1) is 13.5. The van der Waals surface area contributed by atoms with Crippen molar-refractivity contribution in [3.05, 3.63) is 63.1 Å². The average Bonchev–Trinajstić information content (AvgIpc) is 2.95. The van der Waals surface area contributed by atoms with Crippen LogP contribution in [0.5, 0.6) is 0 Å². The summed E-state index contributed by atoms with van der Waals surface area (Å²) in [5.41, 5.74) is 2.60. The number of piperidine rings is 1. The molecule has 1 aliphatic heterocycles. The monoisotopic (exact) mass is 442 g/mol. The van der Waals surface area contributed by atoms with Crippen LogP contribution in [0.1, 0.15) is 18.4 Å². The SMILES string of the molecule is Cn1c(=O)n(CC2CCN(C(=O)Cc3ccc(Br)cc3)CC2)c2ncccc21. The van der Waals surface area contributed by atoms with Gasteiger partial charge in [-0.15, -0.1) is 0 Å². The van der Waals surface area contributed by atoms with Crippen molar-refractivity contribution in [2.75, 3.05) is 13.1 Å². The molecule has 6 nitrogen and oxygen atoms in total. The van der Waals surface area contributed by atoms with Crippen LogP contribution in [-0.2, 0) is 24.8 Å². The molecule has 28 heavy (non-hydrogen) atoms. The fourth-order valence-corrected chi connectivity index (χ4v) is 4.17. The van der Waals surface area contributed by atoms with Gasteiger partial charge in [0.1, 0.15) is 0 Å².